The Kier molecular flexibility index (Phi) is 4.67. The Morgan fingerprint density at radius 3 is 2.62 bits per heavy atom. The van der Waals surface area contributed by atoms with Crippen LogP contribution in [-0.2, 0) is 4.79 Å². The maximum atomic E-state index is 14.0. The van der Waals surface area contributed by atoms with Gasteiger partial charge in [0.15, 0.2) is 0 Å². The number of amides is 1. The van der Waals surface area contributed by atoms with Crippen molar-refractivity contribution in [1.29, 1.82) is 0 Å². The van der Waals surface area contributed by atoms with Gasteiger partial charge in [-0.2, -0.15) is 0 Å². The third-order valence-corrected chi connectivity index (χ3v) is 5.47. The molecule has 3 atom stereocenters. The van der Waals surface area contributed by atoms with Crippen LogP contribution in [0.3, 0.4) is 0 Å². The number of nitrogens with zero attached hydrogens (tertiary/aromatic N) is 1. The molecular formula is C20H19ClF2N2O. The number of carbonyl (C=O) groups is 1. The van der Waals surface area contributed by atoms with E-state index in [1.807, 2.05) is 23.1 Å². The number of carbonyl (C=O) groups excluding carboxylic acids is 1. The first-order chi connectivity index (χ1) is 12.6. The lowest BCUT2D eigenvalue weighted by atomic mass is 10.0. The number of hydrogen-bond donors (Lipinski definition) is 1. The summed E-state index contributed by atoms with van der Waals surface area (Å²) >= 11 is 6.10. The molecule has 1 amide bonds. The molecule has 1 saturated heterocycles. The number of halogens is 3. The van der Waals surface area contributed by atoms with Crippen LogP contribution in [0, 0.1) is 17.6 Å². The lowest BCUT2D eigenvalue weighted by molar-refractivity contribution is -0.136. The Balaban J connectivity index is 1.55. The Morgan fingerprint density at radius 2 is 1.88 bits per heavy atom. The molecule has 0 bridgehead atoms. The first-order valence-corrected chi connectivity index (χ1v) is 9.14. The summed E-state index contributed by atoms with van der Waals surface area (Å²) in [6, 6.07) is 11.2. The SMILES string of the molecule is O=C(C1CC1c1c(F)cccc1F)N1CCNCC1c1cccc(Cl)c1. The molecule has 1 aliphatic heterocycles. The summed E-state index contributed by atoms with van der Waals surface area (Å²) in [5.74, 6) is -1.92. The number of piperazine rings is 1. The molecule has 2 fully saturated rings. The normalized spacial score (nSPS) is 25.2. The largest absolute Gasteiger partial charge is 0.333 e. The number of rotatable bonds is 3. The van der Waals surface area contributed by atoms with Gasteiger partial charge in [-0.05, 0) is 36.2 Å². The molecule has 26 heavy (non-hydrogen) atoms. The predicted molar refractivity (Wildman–Crippen MR) is 96.0 cm³/mol. The molecule has 1 N–H and O–H groups in total. The van der Waals surface area contributed by atoms with E-state index in [2.05, 4.69) is 5.32 Å². The van der Waals surface area contributed by atoms with Crippen molar-refractivity contribution in [3.8, 4) is 0 Å². The lowest BCUT2D eigenvalue weighted by Gasteiger charge is -2.37. The zero-order valence-corrected chi connectivity index (χ0v) is 14.8. The van der Waals surface area contributed by atoms with Gasteiger partial charge in [-0.25, -0.2) is 8.78 Å². The van der Waals surface area contributed by atoms with Crippen LogP contribution in [0.5, 0.6) is 0 Å². The Bertz CT molecular complexity index is 824. The van der Waals surface area contributed by atoms with Crippen molar-refractivity contribution < 1.29 is 13.6 Å². The van der Waals surface area contributed by atoms with Crippen LogP contribution in [0.4, 0.5) is 8.78 Å². The number of benzene rings is 2. The Labute approximate surface area is 156 Å². The molecule has 2 aromatic rings. The molecule has 3 unspecified atom stereocenters. The summed E-state index contributed by atoms with van der Waals surface area (Å²) in [4.78, 5) is 14.9. The third kappa shape index (κ3) is 3.21. The smallest absolute Gasteiger partial charge is 0.226 e. The average Bonchev–Trinajstić information content (AvgIpc) is 3.41. The summed E-state index contributed by atoms with van der Waals surface area (Å²) in [5, 5.41) is 3.92. The molecule has 4 rings (SSSR count). The second-order valence-electron chi connectivity index (χ2n) is 6.89. The van der Waals surface area contributed by atoms with Gasteiger partial charge in [-0.15, -0.1) is 0 Å². The molecular weight excluding hydrogens is 358 g/mol. The quantitative estimate of drug-likeness (QED) is 0.881. The van der Waals surface area contributed by atoms with Crippen molar-refractivity contribution in [2.24, 2.45) is 5.92 Å². The summed E-state index contributed by atoms with van der Waals surface area (Å²) in [6.45, 7) is 1.91. The van der Waals surface area contributed by atoms with E-state index in [1.165, 1.54) is 18.2 Å². The minimum absolute atomic E-state index is 0.0378. The maximum absolute atomic E-state index is 14.0. The monoisotopic (exact) mass is 376 g/mol. The Hall–Kier alpha value is -1.98. The molecule has 136 valence electrons. The summed E-state index contributed by atoms with van der Waals surface area (Å²) < 4.78 is 28.0. The van der Waals surface area contributed by atoms with Crippen LogP contribution in [0.1, 0.15) is 29.5 Å². The van der Waals surface area contributed by atoms with E-state index >= 15 is 0 Å². The van der Waals surface area contributed by atoms with Crippen LogP contribution in [0.15, 0.2) is 42.5 Å². The molecule has 0 aromatic heterocycles. The van der Waals surface area contributed by atoms with E-state index in [1.54, 1.807) is 6.07 Å². The highest BCUT2D eigenvalue weighted by Gasteiger charge is 2.49. The van der Waals surface area contributed by atoms with E-state index in [0.29, 0.717) is 31.1 Å². The summed E-state index contributed by atoms with van der Waals surface area (Å²) in [5.41, 5.74) is 1.01. The van der Waals surface area contributed by atoms with Crippen LogP contribution >= 0.6 is 11.6 Å². The van der Waals surface area contributed by atoms with Crippen molar-refractivity contribution >= 4 is 17.5 Å². The van der Waals surface area contributed by atoms with Gasteiger partial charge in [0, 0.05) is 42.1 Å². The van der Waals surface area contributed by atoms with Gasteiger partial charge in [0.2, 0.25) is 5.91 Å². The van der Waals surface area contributed by atoms with E-state index < -0.39 is 11.6 Å². The van der Waals surface area contributed by atoms with Gasteiger partial charge >= 0.3 is 0 Å². The topological polar surface area (TPSA) is 32.3 Å². The predicted octanol–water partition coefficient (Wildman–Crippen LogP) is 3.89. The lowest BCUT2D eigenvalue weighted by Crippen LogP contribution is -2.49. The molecule has 2 aliphatic rings. The fourth-order valence-corrected chi connectivity index (χ4v) is 4.04. The van der Waals surface area contributed by atoms with E-state index in [-0.39, 0.29) is 29.3 Å². The van der Waals surface area contributed by atoms with Crippen molar-refractivity contribution in [2.45, 2.75) is 18.4 Å². The Morgan fingerprint density at radius 1 is 1.15 bits per heavy atom. The fraction of sp³-hybridized carbons (Fsp3) is 0.350. The van der Waals surface area contributed by atoms with E-state index in [4.69, 9.17) is 11.6 Å². The molecule has 2 aromatic carbocycles. The zero-order chi connectivity index (χ0) is 18.3. The highest BCUT2D eigenvalue weighted by atomic mass is 35.5. The zero-order valence-electron chi connectivity index (χ0n) is 14.1. The van der Waals surface area contributed by atoms with Gasteiger partial charge in [-0.1, -0.05) is 29.8 Å². The van der Waals surface area contributed by atoms with E-state index in [9.17, 15) is 13.6 Å². The maximum Gasteiger partial charge on any atom is 0.226 e. The van der Waals surface area contributed by atoms with Gasteiger partial charge in [0.05, 0.1) is 6.04 Å². The van der Waals surface area contributed by atoms with Gasteiger partial charge in [0.1, 0.15) is 11.6 Å². The third-order valence-electron chi connectivity index (χ3n) is 5.24. The summed E-state index contributed by atoms with van der Waals surface area (Å²) in [7, 11) is 0. The van der Waals surface area contributed by atoms with Gasteiger partial charge in [0.25, 0.3) is 0 Å². The molecule has 0 spiro atoms. The molecule has 3 nitrogen and oxygen atoms in total. The molecule has 1 saturated carbocycles. The molecule has 6 heteroatoms. The second kappa shape index (κ2) is 6.97. The van der Waals surface area contributed by atoms with Crippen molar-refractivity contribution in [3.05, 3.63) is 70.2 Å². The van der Waals surface area contributed by atoms with Crippen LogP contribution in [0.2, 0.25) is 5.02 Å². The molecule has 1 aliphatic carbocycles. The first-order valence-electron chi connectivity index (χ1n) is 8.77. The van der Waals surface area contributed by atoms with Crippen LogP contribution in [0.25, 0.3) is 0 Å². The fourth-order valence-electron chi connectivity index (χ4n) is 3.84. The van der Waals surface area contributed by atoms with Crippen LogP contribution in [-0.4, -0.2) is 30.4 Å². The average molecular weight is 377 g/mol. The highest BCUT2D eigenvalue weighted by molar-refractivity contribution is 6.30. The minimum Gasteiger partial charge on any atom is -0.333 e. The highest BCUT2D eigenvalue weighted by Crippen LogP contribution is 2.50. The molecule has 1 heterocycles. The van der Waals surface area contributed by atoms with Crippen molar-refractivity contribution in [2.75, 3.05) is 19.6 Å². The second-order valence-corrected chi connectivity index (χ2v) is 7.33. The summed E-state index contributed by atoms with van der Waals surface area (Å²) in [6.07, 6.45) is 0.489. The van der Waals surface area contributed by atoms with E-state index in [0.717, 1.165) is 5.56 Å². The van der Waals surface area contributed by atoms with Crippen molar-refractivity contribution in [3.63, 3.8) is 0 Å². The molecule has 0 radical (unpaired) electrons. The minimum atomic E-state index is -0.572. The first kappa shape index (κ1) is 17.4. The van der Waals surface area contributed by atoms with Gasteiger partial charge < -0.3 is 10.2 Å². The van der Waals surface area contributed by atoms with Gasteiger partial charge in [-0.3, -0.25) is 4.79 Å². The van der Waals surface area contributed by atoms with Crippen LogP contribution < -0.4 is 5.32 Å². The van der Waals surface area contributed by atoms with Crippen molar-refractivity contribution in [1.82, 2.24) is 10.2 Å². The standard InChI is InChI=1S/C20H19ClF2N2O/c21-13-4-1-3-12(9-13)18-11-24-7-8-25(18)20(26)15-10-14(15)19-16(22)5-2-6-17(19)23/h1-6,9,14-15,18,24H,7-8,10-11H2. The number of nitrogens with one attached hydrogen (secondary N) is 1. The number of hydrogen-bond acceptors (Lipinski definition) is 2.